The summed E-state index contributed by atoms with van der Waals surface area (Å²) >= 11 is 1.33. The number of pyridine rings is 1. The third kappa shape index (κ3) is 3.17. The number of anilines is 2. The second-order valence-corrected chi connectivity index (χ2v) is 7.40. The monoisotopic (exact) mass is 367 g/mol. The average molecular weight is 367 g/mol. The van der Waals surface area contributed by atoms with E-state index >= 15 is 0 Å². The summed E-state index contributed by atoms with van der Waals surface area (Å²) in [6.45, 7) is 0. The first-order chi connectivity index (χ1) is 12.8. The quantitative estimate of drug-likeness (QED) is 0.695. The smallest absolute Gasteiger partial charge is 0.275 e. The van der Waals surface area contributed by atoms with E-state index in [-0.39, 0.29) is 5.91 Å². The van der Waals surface area contributed by atoms with Crippen LogP contribution in [0.25, 0.3) is 5.13 Å². The summed E-state index contributed by atoms with van der Waals surface area (Å²) in [5.74, 6) is 1.13. The number of hydrogen-bond acceptors (Lipinski definition) is 7. The predicted octanol–water partition coefficient (Wildman–Crippen LogP) is 2.82. The Hall–Kier alpha value is -2.81. The van der Waals surface area contributed by atoms with Gasteiger partial charge in [0.05, 0.1) is 17.6 Å². The predicted molar refractivity (Wildman–Crippen MR) is 97.8 cm³/mol. The zero-order valence-electron chi connectivity index (χ0n) is 13.9. The van der Waals surface area contributed by atoms with Gasteiger partial charge in [-0.15, -0.1) is 0 Å². The Balaban J connectivity index is 1.32. The van der Waals surface area contributed by atoms with E-state index in [9.17, 15) is 4.79 Å². The summed E-state index contributed by atoms with van der Waals surface area (Å²) in [5.41, 5.74) is 1.87. The lowest BCUT2D eigenvalue weighted by molar-refractivity contribution is 0.102. The second kappa shape index (κ2) is 6.17. The highest BCUT2D eigenvalue weighted by molar-refractivity contribution is 7.08. The summed E-state index contributed by atoms with van der Waals surface area (Å²) < 4.78 is 6.13. The van der Waals surface area contributed by atoms with Gasteiger partial charge in [-0.3, -0.25) is 14.3 Å². The Morgan fingerprint density at radius 2 is 2.12 bits per heavy atom. The van der Waals surface area contributed by atoms with Crippen molar-refractivity contribution in [3.63, 3.8) is 0 Å². The molecule has 2 fully saturated rings. The van der Waals surface area contributed by atoms with Crippen LogP contribution in [0.3, 0.4) is 0 Å². The molecular formula is C17H17N7OS. The van der Waals surface area contributed by atoms with E-state index in [2.05, 4.69) is 30.0 Å². The van der Waals surface area contributed by atoms with Crippen molar-refractivity contribution in [3.05, 3.63) is 42.5 Å². The van der Waals surface area contributed by atoms with Crippen LogP contribution in [0.2, 0.25) is 0 Å². The van der Waals surface area contributed by atoms with Gasteiger partial charge in [0.25, 0.3) is 5.91 Å². The molecule has 3 aromatic rings. The molecule has 3 heterocycles. The Labute approximate surface area is 153 Å². The molecule has 1 amide bonds. The fourth-order valence-electron chi connectivity index (χ4n) is 2.64. The van der Waals surface area contributed by atoms with Crippen molar-refractivity contribution in [1.29, 1.82) is 0 Å². The number of carbonyl (C=O) groups is 1. The minimum Gasteiger partial charge on any atom is -0.381 e. The molecule has 0 aliphatic heterocycles. The summed E-state index contributed by atoms with van der Waals surface area (Å²) in [4.78, 5) is 25.4. The lowest BCUT2D eigenvalue weighted by Gasteiger charge is -2.11. The summed E-state index contributed by atoms with van der Waals surface area (Å²) in [7, 11) is 0. The summed E-state index contributed by atoms with van der Waals surface area (Å²) in [6, 6.07) is 2.36. The molecule has 2 aliphatic carbocycles. The van der Waals surface area contributed by atoms with E-state index in [1.807, 2.05) is 6.07 Å². The zero-order valence-corrected chi connectivity index (χ0v) is 14.7. The van der Waals surface area contributed by atoms with E-state index < -0.39 is 0 Å². The van der Waals surface area contributed by atoms with E-state index in [4.69, 9.17) is 0 Å². The zero-order chi connectivity index (χ0) is 17.5. The standard InChI is InChI=1S/C17H17N7OS/c25-16(21-13-7-18-6-5-12(13)20-11-3-4-11)14-8-24(9-19-14)17-22-15(23-26-17)10-1-2-10/h5-11H,1-4H2,(H,18,20)(H,21,25). The molecule has 0 bridgehead atoms. The molecule has 5 rings (SSSR count). The van der Waals surface area contributed by atoms with Crippen molar-refractivity contribution in [3.8, 4) is 5.13 Å². The van der Waals surface area contributed by atoms with Crippen molar-refractivity contribution in [2.24, 2.45) is 0 Å². The molecule has 2 saturated carbocycles. The number of hydrogen-bond donors (Lipinski definition) is 2. The Morgan fingerprint density at radius 3 is 2.92 bits per heavy atom. The SMILES string of the molecule is O=C(Nc1cnccc1NC1CC1)c1cn(-c2nc(C3CC3)ns2)cn1. The van der Waals surface area contributed by atoms with Gasteiger partial charge in [-0.1, -0.05) is 0 Å². The van der Waals surface area contributed by atoms with E-state index in [1.165, 1.54) is 11.5 Å². The summed E-state index contributed by atoms with van der Waals surface area (Å²) in [5, 5.41) is 7.01. The fraction of sp³-hybridized carbons (Fsp3) is 0.353. The third-order valence-electron chi connectivity index (χ3n) is 4.42. The minimum atomic E-state index is -0.275. The van der Waals surface area contributed by atoms with E-state index in [0.29, 0.717) is 23.3 Å². The van der Waals surface area contributed by atoms with Crippen molar-refractivity contribution < 1.29 is 4.79 Å². The molecule has 2 N–H and O–H groups in total. The number of amides is 1. The van der Waals surface area contributed by atoms with Crippen molar-refractivity contribution in [1.82, 2.24) is 23.9 Å². The van der Waals surface area contributed by atoms with Crippen LogP contribution in [0.15, 0.2) is 31.0 Å². The molecule has 0 saturated heterocycles. The highest BCUT2D eigenvalue weighted by atomic mass is 32.1. The second-order valence-electron chi connectivity index (χ2n) is 6.67. The molecule has 0 aromatic carbocycles. The minimum absolute atomic E-state index is 0.275. The number of aromatic nitrogens is 5. The van der Waals surface area contributed by atoms with Gasteiger partial charge in [0.15, 0.2) is 0 Å². The Morgan fingerprint density at radius 1 is 1.23 bits per heavy atom. The van der Waals surface area contributed by atoms with Gasteiger partial charge >= 0.3 is 0 Å². The van der Waals surface area contributed by atoms with Gasteiger partial charge in [0, 0.05) is 35.9 Å². The van der Waals surface area contributed by atoms with Crippen molar-refractivity contribution in [2.45, 2.75) is 37.6 Å². The number of rotatable bonds is 6. The molecule has 0 atom stereocenters. The maximum atomic E-state index is 12.6. The normalized spacial score (nSPS) is 16.5. The van der Waals surface area contributed by atoms with Gasteiger partial charge in [0.2, 0.25) is 5.13 Å². The molecule has 0 radical (unpaired) electrons. The number of nitrogens with one attached hydrogen (secondary N) is 2. The number of carbonyl (C=O) groups excluding carboxylic acids is 1. The van der Waals surface area contributed by atoms with Crippen LogP contribution >= 0.6 is 11.5 Å². The van der Waals surface area contributed by atoms with Crippen LogP contribution in [0.5, 0.6) is 0 Å². The molecule has 0 spiro atoms. The first kappa shape index (κ1) is 15.4. The average Bonchev–Trinajstić information content (AvgIpc) is 3.56. The van der Waals surface area contributed by atoms with Crippen LogP contribution in [-0.2, 0) is 0 Å². The highest BCUT2D eigenvalue weighted by Gasteiger charge is 2.28. The van der Waals surface area contributed by atoms with Crippen LogP contribution in [-0.4, -0.2) is 35.8 Å². The molecule has 0 unspecified atom stereocenters. The molecular weight excluding hydrogens is 350 g/mol. The largest absolute Gasteiger partial charge is 0.381 e. The molecule has 2 aliphatic rings. The summed E-state index contributed by atoms with van der Waals surface area (Å²) in [6.07, 6.45) is 11.3. The first-order valence-electron chi connectivity index (χ1n) is 8.66. The van der Waals surface area contributed by atoms with Crippen LogP contribution in [0.4, 0.5) is 11.4 Å². The van der Waals surface area contributed by atoms with Crippen molar-refractivity contribution in [2.75, 3.05) is 10.6 Å². The van der Waals surface area contributed by atoms with Gasteiger partial charge < -0.3 is 10.6 Å². The lowest BCUT2D eigenvalue weighted by atomic mass is 10.3. The van der Waals surface area contributed by atoms with Crippen LogP contribution in [0.1, 0.15) is 47.9 Å². The maximum Gasteiger partial charge on any atom is 0.275 e. The Kier molecular flexibility index (Phi) is 3.66. The molecule has 26 heavy (non-hydrogen) atoms. The van der Waals surface area contributed by atoms with Crippen molar-refractivity contribution >= 4 is 28.8 Å². The molecule has 3 aromatic heterocycles. The van der Waals surface area contributed by atoms with Gasteiger partial charge in [-0.2, -0.15) is 4.37 Å². The van der Waals surface area contributed by atoms with Gasteiger partial charge in [-0.05, 0) is 31.7 Å². The van der Waals surface area contributed by atoms with E-state index in [1.54, 1.807) is 29.5 Å². The van der Waals surface area contributed by atoms with Gasteiger partial charge in [-0.25, -0.2) is 9.97 Å². The molecule has 132 valence electrons. The first-order valence-corrected chi connectivity index (χ1v) is 9.43. The Bertz CT molecular complexity index is 957. The van der Waals surface area contributed by atoms with Crippen LogP contribution in [0, 0.1) is 0 Å². The van der Waals surface area contributed by atoms with Gasteiger partial charge in [0.1, 0.15) is 17.8 Å². The number of nitrogens with zero attached hydrogens (tertiary/aromatic N) is 5. The molecule has 8 nitrogen and oxygen atoms in total. The highest BCUT2D eigenvalue weighted by Crippen LogP contribution is 2.39. The van der Waals surface area contributed by atoms with E-state index in [0.717, 1.165) is 42.3 Å². The third-order valence-corrected chi connectivity index (χ3v) is 5.16. The lowest BCUT2D eigenvalue weighted by Crippen LogP contribution is -2.14. The maximum absolute atomic E-state index is 12.6. The fourth-order valence-corrected chi connectivity index (χ4v) is 3.33. The van der Waals surface area contributed by atoms with Crippen LogP contribution < -0.4 is 10.6 Å². The topological polar surface area (TPSA) is 97.6 Å². The number of imidazole rings is 1. The molecule has 9 heteroatoms.